The van der Waals surface area contributed by atoms with Gasteiger partial charge >= 0.3 is 0 Å². The maximum atomic E-state index is 10.6. The first-order chi connectivity index (χ1) is 8.88. The van der Waals surface area contributed by atoms with E-state index in [9.17, 15) is 5.11 Å². The Kier molecular flexibility index (Phi) is 4.34. The van der Waals surface area contributed by atoms with Gasteiger partial charge in [0, 0.05) is 9.50 Å². The molecule has 0 aromatic heterocycles. The number of halogens is 2. The Hall–Kier alpha value is -0.830. The van der Waals surface area contributed by atoms with Crippen LogP contribution in [-0.2, 0) is 0 Å². The highest BCUT2D eigenvalue weighted by atomic mass is 79.9. The van der Waals surface area contributed by atoms with Gasteiger partial charge in [-0.25, -0.2) is 0 Å². The Morgan fingerprint density at radius 3 is 2.11 bits per heavy atom. The zero-order valence-corrected chi connectivity index (χ0v) is 13.5. The van der Waals surface area contributed by atoms with E-state index in [1.165, 1.54) is 5.56 Å². The molecule has 2 aromatic carbocycles. The van der Waals surface area contributed by atoms with E-state index >= 15 is 0 Å². The molecular formula is C16H16BrClO. The van der Waals surface area contributed by atoms with Crippen molar-refractivity contribution in [1.29, 1.82) is 0 Å². The smallest absolute Gasteiger partial charge is 0.105 e. The SMILES string of the molecule is Cc1cc(C)c(C(O)c2cc(Cl)cc(Br)c2)c(C)c1. The molecule has 0 aliphatic carbocycles. The predicted octanol–water partition coefficient (Wildman–Crippen LogP) is 5.11. The summed E-state index contributed by atoms with van der Waals surface area (Å²) in [5.41, 5.74) is 5.16. The third-order valence-corrected chi connectivity index (χ3v) is 3.89. The highest BCUT2D eigenvalue weighted by Gasteiger charge is 2.16. The van der Waals surface area contributed by atoms with Gasteiger partial charge in [0.15, 0.2) is 0 Å². The molecule has 1 N–H and O–H groups in total. The quantitative estimate of drug-likeness (QED) is 0.806. The molecule has 1 atom stereocenters. The topological polar surface area (TPSA) is 20.2 Å². The van der Waals surface area contributed by atoms with E-state index < -0.39 is 6.10 Å². The van der Waals surface area contributed by atoms with Crippen molar-refractivity contribution >= 4 is 27.5 Å². The third-order valence-electron chi connectivity index (χ3n) is 3.21. The van der Waals surface area contributed by atoms with Gasteiger partial charge < -0.3 is 5.11 Å². The Morgan fingerprint density at radius 2 is 1.58 bits per heavy atom. The normalized spacial score (nSPS) is 12.5. The van der Waals surface area contributed by atoms with Crippen molar-refractivity contribution in [3.05, 3.63) is 67.6 Å². The molecule has 100 valence electrons. The van der Waals surface area contributed by atoms with E-state index in [1.807, 2.05) is 26.0 Å². The molecule has 19 heavy (non-hydrogen) atoms. The van der Waals surface area contributed by atoms with Crippen LogP contribution in [0.4, 0.5) is 0 Å². The van der Waals surface area contributed by atoms with Gasteiger partial charge in [0.1, 0.15) is 6.10 Å². The fourth-order valence-electron chi connectivity index (χ4n) is 2.52. The molecule has 0 heterocycles. The first kappa shape index (κ1) is 14.6. The summed E-state index contributed by atoms with van der Waals surface area (Å²) in [5, 5.41) is 11.2. The molecule has 0 radical (unpaired) electrons. The van der Waals surface area contributed by atoms with E-state index in [2.05, 4.69) is 35.0 Å². The molecule has 1 nitrogen and oxygen atoms in total. The first-order valence-electron chi connectivity index (χ1n) is 6.10. The summed E-state index contributed by atoms with van der Waals surface area (Å²) >= 11 is 9.45. The minimum Gasteiger partial charge on any atom is -0.384 e. The van der Waals surface area contributed by atoms with Crippen LogP contribution in [0.15, 0.2) is 34.8 Å². The van der Waals surface area contributed by atoms with Crippen molar-refractivity contribution in [3.8, 4) is 0 Å². The van der Waals surface area contributed by atoms with E-state index in [1.54, 1.807) is 6.07 Å². The van der Waals surface area contributed by atoms with Crippen LogP contribution < -0.4 is 0 Å². The second-order valence-electron chi connectivity index (χ2n) is 4.92. The average Bonchev–Trinajstić information content (AvgIpc) is 2.25. The van der Waals surface area contributed by atoms with E-state index in [0.717, 1.165) is 26.7 Å². The van der Waals surface area contributed by atoms with Crippen molar-refractivity contribution in [2.45, 2.75) is 26.9 Å². The van der Waals surface area contributed by atoms with Gasteiger partial charge in [-0.05, 0) is 61.2 Å². The van der Waals surface area contributed by atoms with Gasteiger partial charge in [-0.1, -0.05) is 45.2 Å². The van der Waals surface area contributed by atoms with Crippen molar-refractivity contribution in [2.24, 2.45) is 0 Å². The standard InChI is InChI=1S/C16H16BrClO/c1-9-4-10(2)15(11(3)5-9)16(19)12-6-13(17)8-14(18)7-12/h4-8,16,19H,1-3H3. The van der Waals surface area contributed by atoms with Crippen LogP contribution in [0, 0.1) is 20.8 Å². The lowest BCUT2D eigenvalue weighted by Gasteiger charge is -2.18. The summed E-state index contributed by atoms with van der Waals surface area (Å²) in [4.78, 5) is 0. The summed E-state index contributed by atoms with van der Waals surface area (Å²) in [7, 11) is 0. The van der Waals surface area contributed by atoms with Crippen LogP contribution in [0.3, 0.4) is 0 Å². The van der Waals surface area contributed by atoms with E-state index in [0.29, 0.717) is 5.02 Å². The number of aliphatic hydroxyl groups is 1. The maximum absolute atomic E-state index is 10.6. The van der Waals surface area contributed by atoms with Crippen LogP contribution in [-0.4, -0.2) is 5.11 Å². The van der Waals surface area contributed by atoms with Gasteiger partial charge in [-0.3, -0.25) is 0 Å². The predicted molar refractivity (Wildman–Crippen MR) is 83.9 cm³/mol. The van der Waals surface area contributed by atoms with Gasteiger partial charge in [0.05, 0.1) is 0 Å². The molecule has 0 aliphatic rings. The number of aliphatic hydroxyl groups excluding tert-OH is 1. The molecule has 0 saturated carbocycles. The van der Waals surface area contributed by atoms with Crippen LogP contribution in [0.1, 0.15) is 33.9 Å². The first-order valence-corrected chi connectivity index (χ1v) is 7.27. The number of hydrogen-bond acceptors (Lipinski definition) is 1. The second kappa shape index (κ2) is 5.66. The molecule has 0 aliphatic heterocycles. The van der Waals surface area contributed by atoms with Gasteiger partial charge in [-0.15, -0.1) is 0 Å². The molecule has 2 aromatic rings. The molecule has 0 spiro atoms. The largest absolute Gasteiger partial charge is 0.384 e. The Labute approximate surface area is 127 Å². The minimum atomic E-state index is -0.657. The number of aryl methyl sites for hydroxylation is 3. The maximum Gasteiger partial charge on any atom is 0.105 e. The van der Waals surface area contributed by atoms with E-state index in [4.69, 9.17) is 11.6 Å². The van der Waals surface area contributed by atoms with Crippen molar-refractivity contribution < 1.29 is 5.11 Å². The van der Waals surface area contributed by atoms with Gasteiger partial charge in [0.2, 0.25) is 0 Å². The molecular weight excluding hydrogens is 324 g/mol. The highest BCUT2D eigenvalue weighted by molar-refractivity contribution is 9.10. The summed E-state index contributed by atoms with van der Waals surface area (Å²) in [5.74, 6) is 0. The average molecular weight is 340 g/mol. The van der Waals surface area contributed by atoms with Crippen LogP contribution >= 0.6 is 27.5 Å². The fraction of sp³-hybridized carbons (Fsp3) is 0.250. The number of hydrogen-bond donors (Lipinski definition) is 1. The molecule has 1 unspecified atom stereocenters. The Morgan fingerprint density at radius 1 is 1.00 bits per heavy atom. The molecule has 2 rings (SSSR count). The lowest BCUT2D eigenvalue weighted by molar-refractivity contribution is 0.218. The van der Waals surface area contributed by atoms with Crippen molar-refractivity contribution in [2.75, 3.05) is 0 Å². The molecule has 0 saturated heterocycles. The molecule has 0 bridgehead atoms. The van der Waals surface area contributed by atoms with Crippen LogP contribution in [0.2, 0.25) is 5.02 Å². The summed E-state index contributed by atoms with van der Waals surface area (Å²) in [6.07, 6.45) is -0.657. The summed E-state index contributed by atoms with van der Waals surface area (Å²) in [6, 6.07) is 9.69. The molecule has 0 fully saturated rings. The fourth-order valence-corrected chi connectivity index (χ4v) is 3.41. The molecule has 3 heteroatoms. The second-order valence-corrected chi connectivity index (χ2v) is 6.27. The van der Waals surface area contributed by atoms with E-state index in [-0.39, 0.29) is 0 Å². The highest BCUT2D eigenvalue weighted by Crippen LogP contribution is 2.31. The van der Waals surface area contributed by atoms with Crippen molar-refractivity contribution in [3.63, 3.8) is 0 Å². The number of rotatable bonds is 2. The van der Waals surface area contributed by atoms with Crippen LogP contribution in [0.25, 0.3) is 0 Å². The lowest BCUT2D eigenvalue weighted by Crippen LogP contribution is -2.05. The lowest BCUT2D eigenvalue weighted by atomic mass is 9.92. The van der Waals surface area contributed by atoms with Gasteiger partial charge in [0.25, 0.3) is 0 Å². The minimum absolute atomic E-state index is 0.617. The summed E-state index contributed by atoms with van der Waals surface area (Å²) < 4.78 is 0.872. The van der Waals surface area contributed by atoms with Crippen molar-refractivity contribution in [1.82, 2.24) is 0 Å². The monoisotopic (exact) mass is 338 g/mol. The third kappa shape index (κ3) is 3.19. The zero-order chi connectivity index (χ0) is 14.2. The Balaban J connectivity index is 2.52. The van der Waals surface area contributed by atoms with Gasteiger partial charge in [-0.2, -0.15) is 0 Å². The van der Waals surface area contributed by atoms with Crippen LogP contribution in [0.5, 0.6) is 0 Å². The zero-order valence-electron chi connectivity index (χ0n) is 11.2. The Bertz CT molecular complexity index is 579. The summed E-state index contributed by atoms with van der Waals surface area (Å²) in [6.45, 7) is 6.11. The number of benzene rings is 2. The molecule has 0 amide bonds.